The van der Waals surface area contributed by atoms with Gasteiger partial charge < -0.3 is 10.4 Å². The lowest BCUT2D eigenvalue weighted by molar-refractivity contribution is 0.0697. The van der Waals surface area contributed by atoms with Gasteiger partial charge in [-0.05, 0) is 42.1 Å². The monoisotopic (exact) mass is 276 g/mol. The van der Waals surface area contributed by atoms with Crippen LogP contribution in [-0.4, -0.2) is 15.4 Å². The molecule has 100 valence electrons. The number of aromatic nitrogens is 1. The van der Waals surface area contributed by atoms with Crippen LogP contribution in [0.25, 0.3) is 0 Å². The summed E-state index contributed by atoms with van der Waals surface area (Å²) >= 11 is 1.17. The van der Waals surface area contributed by atoms with Crippen molar-refractivity contribution in [2.45, 2.75) is 26.7 Å². The molecule has 0 radical (unpaired) electrons. The molecule has 2 aromatic rings. The first-order valence-corrected chi connectivity index (χ1v) is 6.83. The van der Waals surface area contributed by atoms with Crippen molar-refractivity contribution < 1.29 is 9.90 Å². The number of hydrogen-bond donors (Lipinski definition) is 2. The van der Waals surface area contributed by atoms with Gasteiger partial charge in [0, 0.05) is 5.69 Å². The van der Waals surface area contributed by atoms with Crippen LogP contribution in [0.15, 0.2) is 24.3 Å². The van der Waals surface area contributed by atoms with Crippen molar-refractivity contribution >= 4 is 28.2 Å². The van der Waals surface area contributed by atoms with Crippen LogP contribution in [0.5, 0.6) is 0 Å². The maximum absolute atomic E-state index is 11.2. The van der Waals surface area contributed by atoms with Crippen molar-refractivity contribution in [1.82, 2.24) is 4.37 Å². The highest BCUT2D eigenvalue weighted by molar-refractivity contribution is 7.10. The molecule has 5 heteroatoms. The Kier molecular flexibility index (Phi) is 3.85. The molecule has 0 atom stereocenters. The normalized spacial score (nSPS) is 10.7. The summed E-state index contributed by atoms with van der Waals surface area (Å²) in [6, 6.07) is 7.99. The highest BCUT2D eigenvalue weighted by atomic mass is 32.1. The van der Waals surface area contributed by atoms with E-state index in [0.29, 0.717) is 16.6 Å². The number of aryl methyl sites for hydroxylation is 1. The number of carbonyl (C=O) groups is 1. The Morgan fingerprint density at radius 1 is 1.32 bits per heavy atom. The predicted molar refractivity (Wildman–Crippen MR) is 77.6 cm³/mol. The van der Waals surface area contributed by atoms with Gasteiger partial charge in [0.1, 0.15) is 10.6 Å². The van der Waals surface area contributed by atoms with Gasteiger partial charge in [-0.2, -0.15) is 4.37 Å². The fourth-order valence-electron chi connectivity index (χ4n) is 1.79. The minimum absolute atomic E-state index is 0.248. The second-order valence-corrected chi connectivity index (χ2v) is 5.45. The van der Waals surface area contributed by atoms with E-state index in [1.54, 1.807) is 6.92 Å². The van der Waals surface area contributed by atoms with Crippen molar-refractivity contribution in [2.75, 3.05) is 5.32 Å². The first kappa shape index (κ1) is 13.5. The van der Waals surface area contributed by atoms with E-state index < -0.39 is 5.97 Å². The van der Waals surface area contributed by atoms with E-state index in [4.69, 9.17) is 5.11 Å². The molecule has 19 heavy (non-hydrogen) atoms. The van der Waals surface area contributed by atoms with Gasteiger partial charge in [-0.25, -0.2) is 4.79 Å². The summed E-state index contributed by atoms with van der Waals surface area (Å²) in [6.07, 6.45) is 0. The lowest BCUT2D eigenvalue weighted by atomic mass is 10.0. The summed E-state index contributed by atoms with van der Waals surface area (Å²) in [6.45, 7) is 5.97. The van der Waals surface area contributed by atoms with Crippen molar-refractivity contribution in [2.24, 2.45) is 0 Å². The maximum atomic E-state index is 11.2. The molecule has 0 bridgehead atoms. The van der Waals surface area contributed by atoms with Crippen LogP contribution in [-0.2, 0) is 0 Å². The number of carboxylic acids is 1. The number of benzene rings is 1. The molecule has 0 unspecified atom stereocenters. The molecule has 0 aliphatic heterocycles. The molecule has 2 rings (SSSR count). The van der Waals surface area contributed by atoms with Gasteiger partial charge in [0.25, 0.3) is 0 Å². The molecule has 4 nitrogen and oxygen atoms in total. The highest BCUT2D eigenvalue weighted by Gasteiger charge is 2.17. The zero-order valence-electron chi connectivity index (χ0n) is 11.1. The molecule has 0 aliphatic rings. The number of hydrogen-bond acceptors (Lipinski definition) is 4. The van der Waals surface area contributed by atoms with Crippen LogP contribution in [0, 0.1) is 6.92 Å². The van der Waals surface area contributed by atoms with E-state index in [1.165, 1.54) is 17.1 Å². The standard InChI is InChI=1S/C14H16N2O2S/c1-8(2)10-4-6-11(7-5-10)15-13-12(14(17)18)9(3)16-19-13/h4-8,15H,1-3H3,(H,17,18). The van der Waals surface area contributed by atoms with Crippen LogP contribution in [0.4, 0.5) is 10.7 Å². The quantitative estimate of drug-likeness (QED) is 0.885. The third kappa shape index (κ3) is 2.93. The van der Waals surface area contributed by atoms with Gasteiger partial charge in [0.15, 0.2) is 0 Å². The Morgan fingerprint density at radius 2 is 1.95 bits per heavy atom. The summed E-state index contributed by atoms with van der Waals surface area (Å²) in [4.78, 5) is 11.2. The summed E-state index contributed by atoms with van der Waals surface area (Å²) in [7, 11) is 0. The first-order valence-electron chi connectivity index (χ1n) is 6.05. The molecule has 0 amide bonds. The lowest BCUT2D eigenvalue weighted by Gasteiger charge is -2.08. The van der Waals surface area contributed by atoms with E-state index in [-0.39, 0.29) is 5.56 Å². The van der Waals surface area contributed by atoms with E-state index >= 15 is 0 Å². The molecule has 1 aromatic carbocycles. The molecule has 0 saturated carbocycles. The molecule has 2 N–H and O–H groups in total. The third-order valence-electron chi connectivity index (χ3n) is 2.91. The Labute approximate surface area is 116 Å². The smallest absolute Gasteiger partial charge is 0.340 e. The predicted octanol–water partition coefficient (Wildman–Crippen LogP) is 4.02. The summed E-state index contributed by atoms with van der Waals surface area (Å²) in [5.41, 5.74) is 2.91. The molecule has 1 aromatic heterocycles. The summed E-state index contributed by atoms with van der Waals surface area (Å²) in [5, 5.41) is 12.8. The maximum Gasteiger partial charge on any atom is 0.340 e. The average Bonchev–Trinajstić information content (AvgIpc) is 2.71. The topological polar surface area (TPSA) is 62.2 Å². The number of aromatic carboxylic acids is 1. The van der Waals surface area contributed by atoms with Gasteiger partial charge in [0.2, 0.25) is 0 Å². The highest BCUT2D eigenvalue weighted by Crippen LogP contribution is 2.28. The fraction of sp³-hybridized carbons (Fsp3) is 0.286. The molecule has 0 spiro atoms. The molecule has 0 saturated heterocycles. The Hall–Kier alpha value is -1.88. The van der Waals surface area contributed by atoms with Gasteiger partial charge in [-0.1, -0.05) is 26.0 Å². The van der Waals surface area contributed by atoms with E-state index in [1.807, 2.05) is 24.3 Å². The average molecular weight is 276 g/mol. The molecule has 1 heterocycles. The third-order valence-corrected chi connectivity index (χ3v) is 3.77. The minimum Gasteiger partial charge on any atom is -0.478 e. The van der Waals surface area contributed by atoms with Crippen LogP contribution >= 0.6 is 11.5 Å². The minimum atomic E-state index is -0.951. The number of carboxylic acid groups (broad SMARTS) is 1. The summed E-state index contributed by atoms with van der Waals surface area (Å²) < 4.78 is 4.08. The van der Waals surface area contributed by atoms with Crippen molar-refractivity contribution in [3.8, 4) is 0 Å². The van der Waals surface area contributed by atoms with Crippen molar-refractivity contribution in [3.63, 3.8) is 0 Å². The van der Waals surface area contributed by atoms with Crippen LogP contribution in [0.3, 0.4) is 0 Å². The molecule has 0 aliphatic carbocycles. The lowest BCUT2D eigenvalue weighted by Crippen LogP contribution is -2.01. The SMILES string of the molecule is Cc1nsc(Nc2ccc(C(C)C)cc2)c1C(=O)O. The van der Waals surface area contributed by atoms with Crippen LogP contribution in [0.2, 0.25) is 0 Å². The van der Waals surface area contributed by atoms with Gasteiger partial charge in [-0.3, -0.25) is 0 Å². The van der Waals surface area contributed by atoms with E-state index in [0.717, 1.165) is 5.69 Å². The van der Waals surface area contributed by atoms with Gasteiger partial charge in [0.05, 0.1) is 5.69 Å². The van der Waals surface area contributed by atoms with E-state index in [9.17, 15) is 4.79 Å². The zero-order valence-corrected chi connectivity index (χ0v) is 11.9. The van der Waals surface area contributed by atoms with E-state index in [2.05, 4.69) is 23.5 Å². The number of rotatable bonds is 4. The van der Waals surface area contributed by atoms with Crippen LogP contribution < -0.4 is 5.32 Å². The number of nitrogens with one attached hydrogen (secondary N) is 1. The molecular weight excluding hydrogens is 260 g/mol. The van der Waals surface area contributed by atoms with Crippen molar-refractivity contribution in [3.05, 3.63) is 41.1 Å². The number of nitrogens with zero attached hydrogens (tertiary/aromatic N) is 1. The number of anilines is 2. The Balaban J connectivity index is 2.24. The molecule has 0 fully saturated rings. The molecular formula is C14H16N2O2S. The Bertz CT molecular complexity index is 588. The second-order valence-electron chi connectivity index (χ2n) is 4.68. The van der Waals surface area contributed by atoms with Crippen LogP contribution in [0.1, 0.15) is 41.4 Å². The summed E-state index contributed by atoms with van der Waals surface area (Å²) in [5.74, 6) is -0.471. The first-order chi connectivity index (χ1) is 8.99. The van der Waals surface area contributed by atoms with Crippen molar-refractivity contribution in [1.29, 1.82) is 0 Å². The fourth-order valence-corrected chi connectivity index (χ4v) is 2.60. The Morgan fingerprint density at radius 3 is 2.47 bits per heavy atom. The zero-order chi connectivity index (χ0) is 14.0. The van der Waals surface area contributed by atoms with Gasteiger partial charge in [-0.15, -0.1) is 0 Å². The second kappa shape index (κ2) is 5.40. The largest absolute Gasteiger partial charge is 0.478 e. The van der Waals surface area contributed by atoms with Gasteiger partial charge >= 0.3 is 5.97 Å².